The summed E-state index contributed by atoms with van der Waals surface area (Å²) in [6.07, 6.45) is 2.89. The minimum absolute atomic E-state index is 0.0902. The van der Waals surface area contributed by atoms with Gasteiger partial charge >= 0.3 is 0 Å². The Morgan fingerprint density at radius 3 is 3.05 bits per heavy atom. The predicted molar refractivity (Wildman–Crippen MR) is 76.2 cm³/mol. The second kappa shape index (κ2) is 7.63. The summed E-state index contributed by atoms with van der Waals surface area (Å²) in [6.45, 7) is 2.25. The monoisotopic (exact) mass is 273 g/mol. The number of carbonyl (C=O) groups is 1. The van der Waals surface area contributed by atoms with Crippen LogP contribution in [0.3, 0.4) is 0 Å². The zero-order valence-electron chi connectivity index (χ0n) is 11.4. The number of para-hydroxylation sites is 1. The molecule has 1 unspecified atom stereocenters. The molecule has 0 radical (unpaired) electrons. The normalized spacial score (nSPS) is 17.6. The summed E-state index contributed by atoms with van der Waals surface area (Å²) < 4.78 is 5.49. The third-order valence-electron chi connectivity index (χ3n) is 3.25. The quantitative estimate of drug-likeness (QED) is 0.773. The minimum Gasteiger partial charge on any atom is -0.377 e. The lowest BCUT2D eigenvalue weighted by Crippen LogP contribution is -2.29. The third-order valence-corrected chi connectivity index (χ3v) is 3.25. The van der Waals surface area contributed by atoms with E-state index in [1.165, 1.54) is 0 Å². The Labute approximate surface area is 118 Å². The van der Waals surface area contributed by atoms with Crippen molar-refractivity contribution in [3.63, 3.8) is 0 Å². The van der Waals surface area contributed by atoms with Crippen LogP contribution in [0.5, 0.6) is 0 Å². The van der Waals surface area contributed by atoms with Crippen molar-refractivity contribution in [2.45, 2.75) is 25.4 Å². The zero-order valence-corrected chi connectivity index (χ0v) is 11.4. The Morgan fingerprint density at radius 2 is 2.30 bits per heavy atom. The molecule has 0 saturated carbocycles. The lowest BCUT2D eigenvalue weighted by Gasteiger charge is -2.11. The highest BCUT2D eigenvalue weighted by molar-refractivity contribution is 5.92. The van der Waals surface area contributed by atoms with Crippen LogP contribution in [0.4, 0.5) is 5.69 Å². The lowest BCUT2D eigenvalue weighted by molar-refractivity contribution is -0.116. The van der Waals surface area contributed by atoms with Crippen LogP contribution in [-0.4, -0.2) is 31.7 Å². The van der Waals surface area contributed by atoms with Gasteiger partial charge in [0.15, 0.2) is 0 Å². The molecular formula is C15H19N3O2. The van der Waals surface area contributed by atoms with E-state index in [0.717, 1.165) is 26.0 Å². The maximum Gasteiger partial charge on any atom is 0.225 e. The van der Waals surface area contributed by atoms with Crippen LogP contribution in [0.1, 0.15) is 24.8 Å². The molecule has 106 valence electrons. The molecule has 2 N–H and O–H groups in total. The zero-order chi connectivity index (χ0) is 14.2. The first kappa shape index (κ1) is 14.5. The number of nitrogens with zero attached hydrogens (tertiary/aromatic N) is 1. The van der Waals surface area contributed by atoms with E-state index >= 15 is 0 Å². The SMILES string of the molecule is N#Cc1ccccc1NC(=O)CCNCC1CCCO1. The second-order valence-electron chi connectivity index (χ2n) is 4.79. The molecule has 0 aromatic heterocycles. The molecule has 1 atom stereocenters. The molecule has 1 heterocycles. The third kappa shape index (κ3) is 4.34. The van der Waals surface area contributed by atoms with Gasteiger partial charge in [0.1, 0.15) is 6.07 Å². The average molecular weight is 273 g/mol. The van der Waals surface area contributed by atoms with Gasteiger partial charge in [-0.05, 0) is 25.0 Å². The van der Waals surface area contributed by atoms with Gasteiger partial charge in [-0.3, -0.25) is 4.79 Å². The molecule has 1 aliphatic rings. The number of benzene rings is 1. The molecule has 1 fully saturated rings. The standard InChI is InChI=1S/C15H19N3O2/c16-10-12-4-1-2-6-14(12)18-15(19)7-8-17-11-13-5-3-9-20-13/h1-2,4,6,13,17H,3,5,7-9,11H2,(H,18,19). The highest BCUT2D eigenvalue weighted by Gasteiger charge is 2.14. The summed E-state index contributed by atoms with van der Waals surface area (Å²) in [5, 5.41) is 14.9. The molecule has 0 bridgehead atoms. The minimum atomic E-state index is -0.0902. The molecule has 1 aromatic rings. The molecule has 2 rings (SSSR count). The number of rotatable bonds is 6. The van der Waals surface area contributed by atoms with Crippen LogP contribution in [0.2, 0.25) is 0 Å². The molecule has 1 aliphatic heterocycles. The van der Waals surface area contributed by atoms with Gasteiger partial charge < -0.3 is 15.4 Å². The molecule has 5 heteroatoms. The van der Waals surface area contributed by atoms with Crippen LogP contribution in [0, 0.1) is 11.3 Å². The van der Waals surface area contributed by atoms with E-state index in [-0.39, 0.29) is 12.0 Å². The highest BCUT2D eigenvalue weighted by Crippen LogP contribution is 2.13. The fourth-order valence-electron chi connectivity index (χ4n) is 2.17. The lowest BCUT2D eigenvalue weighted by atomic mass is 10.2. The van der Waals surface area contributed by atoms with E-state index in [1.54, 1.807) is 24.3 Å². The predicted octanol–water partition coefficient (Wildman–Crippen LogP) is 1.66. The summed E-state index contributed by atoms with van der Waals surface area (Å²) >= 11 is 0. The highest BCUT2D eigenvalue weighted by atomic mass is 16.5. The van der Waals surface area contributed by atoms with Gasteiger partial charge in [0.2, 0.25) is 5.91 Å². The number of amides is 1. The number of nitrogens with one attached hydrogen (secondary N) is 2. The van der Waals surface area contributed by atoms with Crippen molar-refractivity contribution in [1.29, 1.82) is 5.26 Å². The van der Waals surface area contributed by atoms with Gasteiger partial charge in [-0.2, -0.15) is 5.26 Å². The average Bonchev–Trinajstić information content (AvgIpc) is 2.97. The van der Waals surface area contributed by atoms with Crippen molar-refractivity contribution in [3.05, 3.63) is 29.8 Å². The molecule has 1 saturated heterocycles. The van der Waals surface area contributed by atoms with Crippen molar-refractivity contribution < 1.29 is 9.53 Å². The summed E-state index contributed by atoms with van der Waals surface area (Å²) in [5.74, 6) is -0.0902. The van der Waals surface area contributed by atoms with Crippen molar-refractivity contribution in [2.24, 2.45) is 0 Å². The summed E-state index contributed by atoms with van der Waals surface area (Å²) in [7, 11) is 0. The van der Waals surface area contributed by atoms with Gasteiger partial charge in [-0.15, -0.1) is 0 Å². The largest absolute Gasteiger partial charge is 0.377 e. The van der Waals surface area contributed by atoms with Crippen molar-refractivity contribution in [1.82, 2.24) is 5.32 Å². The smallest absolute Gasteiger partial charge is 0.225 e. The molecule has 0 spiro atoms. The maximum atomic E-state index is 11.8. The Bertz CT molecular complexity index is 490. The van der Waals surface area contributed by atoms with Crippen LogP contribution >= 0.6 is 0 Å². The molecule has 0 aliphatic carbocycles. The summed E-state index contributed by atoms with van der Waals surface area (Å²) in [5.41, 5.74) is 1.05. The van der Waals surface area contributed by atoms with Gasteiger partial charge in [0.25, 0.3) is 0 Å². The van der Waals surface area contributed by atoms with Crippen molar-refractivity contribution in [2.75, 3.05) is 25.0 Å². The number of hydrogen-bond donors (Lipinski definition) is 2. The number of nitriles is 1. The fraction of sp³-hybridized carbons (Fsp3) is 0.467. The number of carbonyl (C=O) groups excluding carboxylic acids is 1. The van der Waals surface area contributed by atoms with E-state index in [9.17, 15) is 4.79 Å². The first-order chi connectivity index (χ1) is 9.79. The summed E-state index contributed by atoms with van der Waals surface area (Å²) in [6, 6.07) is 9.05. The van der Waals surface area contributed by atoms with E-state index in [1.807, 2.05) is 0 Å². The molecule has 5 nitrogen and oxygen atoms in total. The number of ether oxygens (including phenoxy) is 1. The molecule has 1 amide bonds. The Kier molecular flexibility index (Phi) is 5.54. The molecular weight excluding hydrogens is 254 g/mol. The van der Waals surface area contributed by atoms with Crippen LogP contribution in [-0.2, 0) is 9.53 Å². The van der Waals surface area contributed by atoms with Gasteiger partial charge in [0, 0.05) is 26.1 Å². The van der Waals surface area contributed by atoms with E-state index in [0.29, 0.717) is 24.2 Å². The van der Waals surface area contributed by atoms with E-state index in [4.69, 9.17) is 10.00 Å². The van der Waals surface area contributed by atoms with Crippen LogP contribution < -0.4 is 10.6 Å². The van der Waals surface area contributed by atoms with Gasteiger partial charge in [-0.1, -0.05) is 12.1 Å². The second-order valence-corrected chi connectivity index (χ2v) is 4.79. The van der Waals surface area contributed by atoms with E-state index in [2.05, 4.69) is 16.7 Å². The maximum absolute atomic E-state index is 11.8. The Morgan fingerprint density at radius 1 is 1.45 bits per heavy atom. The van der Waals surface area contributed by atoms with E-state index < -0.39 is 0 Å². The Hall–Kier alpha value is -1.90. The molecule has 20 heavy (non-hydrogen) atoms. The topological polar surface area (TPSA) is 74.2 Å². The van der Waals surface area contributed by atoms with Crippen molar-refractivity contribution >= 4 is 11.6 Å². The molecule has 1 aromatic carbocycles. The summed E-state index contributed by atoms with van der Waals surface area (Å²) in [4.78, 5) is 11.8. The van der Waals surface area contributed by atoms with Gasteiger partial charge in [0.05, 0.1) is 17.4 Å². The van der Waals surface area contributed by atoms with Gasteiger partial charge in [-0.25, -0.2) is 0 Å². The Balaban J connectivity index is 1.68. The number of hydrogen-bond acceptors (Lipinski definition) is 4. The first-order valence-corrected chi connectivity index (χ1v) is 6.91. The number of anilines is 1. The fourth-order valence-corrected chi connectivity index (χ4v) is 2.17. The first-order valence-electron chi connectivity index (χ1n) is 6.91. The van der Waals surface area contributed by atoms with Crippen LogP contribution in [0.25, 0.3) is 0 Å². The van der Waals surface area contributed by atoms with Crippen LogP contribution in [0.15, 0.2) is 24.3 Å². The van der Waals surface area contributed by atoms with Crippen molar-refractivity contribution in [3.8, 4) is 6.07 Å².